The van der Waals surface area contributed by atoms with Crippen LogP contribution in [0.4, 0.5) is 0 Å². The van der Waals surface area contributed by atoms with Crippen LogP contribution in [0.5, 0.6) is 0 Å². The van der Waals surface area contributed by atoms with Crippen molar-refractivity contribution in [1.29, 1.82) is 0 Å². The maximum Gasteiger partial charge on any atom is 0.183 e. The van der Waals surface area contributed by atoms with Crippen molar-refractivity contribution in [2.45, 2.75) is 65.3 Å². The molecule has 1 aromatic heterocycles. The first-order valence-corrected chi connectivity index (χ1v) is 7.82. The van der Waals surface area contributed by atoms with E-state index in [2.05, 4.69) is 12.0 Å². The molecule has 0 amide bonds. The number of carbonyl (C=O) groups is 1. The molecule has 0 unspecified atom stereocenters. The fourth-order valence-electron chi connectivity index (χ4n) is 3.21. The van der Waals surface area contributed by atoms with Gasteiger partial charge in [-0.3, -0.25) is 9.48 Å². The first-order valence-electron chi connectivity index (χ1n) is 7.82. The smallest absolute Gasteiger partial charge is 0.183 e. The molecule has 3 heteroatoms. The van der Waals surface area contributed by atoms with E-state index in [0.29, 0.717) is 5.78 Å². The summed E-state index contributed by atoms with van der Waals surface area (Å²) in [4.78, 5) is 12.5. The van der Waals surface area contributed by atoms with Crippen molar-refractivity contribution in [2.24, 2.45) is 11.8 Å². The molecular formula is C16H26N2O. The van der Waals surface area contributed by atoms with Gasteiger partial charge in [-0.15, -0.1) is 0 Å². The SMILES string of the molecule is CCCCC1CCC(C(=O)c2ccnn2CC)CC1. The number of ketones is 1. The second kappa shape index (κ2) is 6.88. The van der Waals surface area contributed by atoms with Gasteiger partial charge in [-0.25, -0.2) is 0 Å². The molecule has 1 aliphatic carbocycles. The normalized spacial score (nSPS) is 23.5. The Morgan fingerprint density at radius 2 is 2.05 bits per heavy atom. The zero-order valence-electron chi connectivity index (χ0n) is 12.3. The van der Waals surface area contributed by atoms with Crippen molar-refractivity contribution in [2.75, 3.05) is 0 Å². The molecule has 106 valence electrons. The molecule has 1 fully saturated rings. The van der Waals surface area contributed by atoms with Crippen molar-refractivity contribution < 1.29 is 4.79 Å². The topological polar surface area (TPSA) is 34.9 Å². The minimum absolute atomic E-state index is 0.236. The highest BCUT2D eigenvalue weighted by molar-refractivity contribution is 5.96. The molecule has 1 saturated carbocycles. The molecular weight excluding hydrogens is 236 g/mol. The van der Waals surface area contributed by atoms with Gasteiger partial charge in [-0.1, -0.05) is 26.2 Å². The molecule has 0 aliphatic heterocycles. The van der Waals surface area contributed by atoms with E-state index in [9.17, 15) is 4.79 Å². The monoisotopic (exact) mass is 262 g/mol. The summed E-state index contributed by atoms with van der Waals surface area (Å²) >= 11 is 0. The highest BCUT2D eigenvalue weighted by Crippen LogP contribution is 2.33. The van der Waals surface area contributed by atoms with Crippen molar-refractivity contribution in [1.82, 2.24) is 9.78 Å². The Labute approximate surface area is 116 Å². The zero-order valence-corrected chi connectivity index (χ0v) is 12.3. The average Bonchev–Trinajstić information content (AvgIpc) is 2.93. The summed E-state index contributed by atoms with van der Waals surface area (Å²) in [5, 5.41) is 4.20. The van der Waals surface area contributed by atoms with Gasteiger partial charge in [0, 0.05) is 18.7 Å². The van der Waals surface area contributed by atoms with Crippen LogP contribution in [0.15, 0.2) is 12.3 Å². The fourth-order valence-corrected chi connectivity index (χ4v) is 3.21. The van der Waals surface area contributed by atoms with Gasteiger partial charge < -0.3 is 0 Å². The predicted molar refractivity (Wildman–Crippen MR) is 77.2 cm³/mol. The van der Waals surface area contributed by atoms with Crippen LogP contribution in [-0.4, -0.2) is 15.6 Å². The predicted octanol–water partition coefficient (Wildman–Crippen LogP) is 4.08. The Hall–Kier alpha value is -1.12. The highest BCUT2D eigenvalue weighted by atomic mass is 16.1. The molecule has 0 aromatic carbocycles. The van der Waals surface area contributed by atoms with Crippen LogP contribution in [0, 0.1) is 11.8 Å². The van der Waals surface area contributed by atoms with Crippen molar-refractivity contribution in [3.63, 3.8) is 0 Å². The summed E-state index contributed by atoms with van der Waals surface area (Å²) in [6.07, 6.45) is 10.3. The van der Waals surface area contributed by atoms with Gasteiger partial charge in [-0.2, -0.15) is 5.10 Å². The first-order chi connectivity index (χ1) is 9.26. The Kier molecular flexibility index (Phi) is 5.17. The van der Waals surface area contributed by atoms with Crippen LogP contribution in [0.3, 0.4) is 0 Å². The van der Waals surface area contributed by atoms with Gasteiger partial charge in [0.05, 0.1) is 0 Å². The summed E-state index contributed by atoms with van der Waals surface area (Å²) in [5.74, 6) is 1.41. The minimum Gasteiger partial charge on any atom is -0.292 e. The maximum atomic E-state index is 12.5. The molecule has 0 bridgehead atoms. The third-order valence-electron chi connectivity index (χ3n) is 4.45. The summed E-state index contributed by atoms with van der Waals surface area (Å²) in [6.45, 7) is 5.06. The van der Waals surface area contributed by atoms with E-state index >= 15 is 0 Å². The Balaban J connectivity index is 1.89. The van der Waals surface area contributed by atoms with E-state index < -0.39 is 0 Å². The van der Waals surface area contributed by atoms with Gasteiger partial charge in [-0.05, 0) is 44.6 Å². The van der Waals surface area contributed by atoms with Crippen molar-refractivity contribution >= 4 is 5.78 Å². The average molecular weight is 262 g/mol. The molecule has 2 rings (SSSR count). The maximum absolute atomic E-state index is 12.5. The largest absolute Gasteiger partial charge is 0.292 e. The quantitative estimate of drug-likeness (QED) is 0.724. The molecule has 0 radical (unpaired) electrons. The van der Waals surface area contributed by atoms with Crippen LogP contribution < -0.4 is 0 Å². The lowest BCUT2D eigenvalue weighted by Crippen LogP contribution is -2.24. The molecule has 1 heterocycles. The number of hydrogen-bond donors (Lipinski definition) is 0. The minimum atomic E-state index is 0.236. The van der Waals surface area contributed by atoms with Crippen molar-refractivity contribution in [3.8, 4) is 0 Å². The molecule has 0 N–H and O–H groups in total. The van der Waals surface area contributed by atoms with Crippen LogP contribution in [-0.2, 0) is 6.54 Å². The summed E-state index contributed by atoms with van der Waals surface area (Å²) in [7, 11) is 0. The number of Topliss-reactive ketones (excluding diaryl/α,β-unsaturated/α-hetero) is 1. The van der Waals surface area contributed by atoms with E-state index in [1.807, 2.05) is 17.7 Å². The lowest BCUT2D eigenvalue weighted by atomic mass is 9.77. The van der Waals surface area contributed by atoms with Gasteiger partial charge >= 0.3 is 0 Å². The second-order valence-electron chi connectivity index (χ2n) is 5.76. The van der Waals surface area contributed by atoms with E-state index in [4.69, 9.17) is 0 Å². The first kappa shape index (κ1) is 14.3. The number of nitrogens with zero attached hydrogens (tertiary/aromatic N) is 2. The van der Waals surface area contributed by atoms with Crippen LogP contribution in [0.2, 0.25) is 0 Å². The lowest BCUT2D eigenvalue weighted by Gasteiger charge is -2.27. The van der Waals surface area contributed by atoms with Gasteiger partial charge in [0.25, 0.3) is 0 Å². The van der Waals surface area contributed by atoms with E-state index in [1.165, 1.54) is 32.1 Å². The molecule has 0 saturated heterocycles. The Bertz CT molecular complexity index is 403. The second-order valence-corrected chi connectivity index (χ2v) is 5.76. The molecule has 1 aromatic rings. The molecule has 0 spiro atoms. The molecule has 1 aliphatic rings. The Morgan fingerprint density at radius 3 is 2.68 bits per heavy atom. The molecule has 19 heavy (non-hydrogen) atoms. The number of unbranched alkanes of at least 4 members (excludes halogenated alkanes) is 1. The van der Waals surface area contributed by atoms with Crippen LogP contribution in [0.1, 0.15) is 69.3 Å². The van der Waals surface area contributed by atoms with Crippen molar-refractivity contribution in [3.05, 3.63) is 18.0 Å². The lowest BCUT2D eigenvalue weighted by molar-refractivity contribution is 0.0858. The summed E-state index contributed by atoms with van der Waals surface area (Å²) in [5.41, 5.74) is 0.805. The van der Waals surface area contributed by atoms with Gasteiger partial charge in [0.1, 0.15) is 5.69 Å². The zero-order chi connectivity index (χ0) is 13.7. The van der Waals surface area contributed by atoms with Crippen LogP contribution >= 0.6 is 0 Å². The van der Waals surface area contributed by atoms with E-state index in [-0.39, 0.29) is 5.92 Å². The summed E-state index contributed by atoms with van der Waals surface area (Å²) < 4.78 is 1.82. The van der Waals surface area contributed by atoms with E-state index in [1.54, 1.807) is 6.20 Å². The fraction of sp³-hybridized carbons (Fsp3) is 0.750. The van der Waals surface area contributed by atoms with Gasteiger partial charge in [0.15, 0.2) is 5.78 Å². The molecule has 3 nitrogen and oxygen atoms in total. The highest BCUT2D eigenvalue weighted by Gasteiger charge is 2.28. The van der Waals surface area contributed by atoms with Gasteiger partial charge in [0.2, 0.25) is 0 Å². The summed E-state index contributed by atoms with van der Waals surface area (Å²) in [6, 6.07) is 1.87. The number of hydrogen-bond acceptors (Lipinski definition) is 2. The van der Waals surface area contributed by atoms with Crippen LogP contribution in [0.25, 0.3) is 0 Å². The number of aryl methyl sites for hydroxylation is 1. The third-order valence-corrected chi connectivity index (χ3v) is 4.45. The Morgan fingerprint density at radius 1 is 1.32 bits per heavy atom. The molecule has 0 atom stereocenters. The van der Waals surface area contributed by atoms with E-state index in [0.717, 1.165) is 31.0 Å². The number of aromatic nitrogens is 2. The standard InChI is InChI=1S/C16H26N2O/c1-3-5-6-13-7-9-14(10-8-13)16(19)15-11-12-17-18(15)4-2/h11-14H,3-10H2,1-2H3. The number of carbonyl (C=O) groups excluding carboxylic acids is 1. The third kappa shape index (κ3) is 3.46. The number of rotatable bonds is 6.